The summed E-state index contributed by atoms with van der Waals surface area (Å²) in [5.74, 6) is 0.108. The fourth-order valence-electron chi connectivity index (χ4n) is 10.6. The molecule has 3 atom stereocenters. The van der Waals surface area contributed by atoms with Gasteiger partial charge in [0, 0.05) is 30.4 Å². The zero-order valence-electron chi connectivity index (χ0n) is 34.0. The predicted molar refractivity (Wildman–Crippen MR) is 222 cm³/mol. The van der Waals surface area contributed by atoms with Gasteiger partial charge in [-0.05, 0) is 135 Å². The summed E-state index contributed by atoms with van der Waals surface area (Å²) in [6.45, 7) is 2.24. The number of hydrogen-bond acceptors (Lipinski definition) is 11. The second-order valence-electron chi connectivity index (χ2n) is 17.5. The molecule has 4 aromatic rings. The van der Waals surface area contributed by atoms with Crippen molar-refractivity contribution in [2.45, 2.75) is 87.1 Å². The monoisotopic (exact) mass is 872 g/mol. The van der Waals surface area contributed by atoms with Crippen LogP contribution in [0.5, 0.6) is 5.88 Å². The van der Waals surface area contributed by atoms with Crippen LogP contribution in [0.2, 0.25) is 0 Å². The van der Waals surface area contributed by atoms with Gasteiger partial charge in [-0.1, -0.05) is 12.1 Å². The first-order valence-corrected chi connectivity index (χ1v) is 23.9. The Bertz CT molecular complexity index is 2760. The lowest BCUT2D eigenvalue weighted by molar-refractivity contribution is 0.0920. The number of urea groups is 2. The molecule has 4 heterocycles. The second-order valence-corrected chi connectivity index (χ2v) is 20.8. The number of sulfonamides is 2. The highest BCUT2D eigenvalue weighted by Crippen LogP contribution is 2.47. The van der Waals surface area contributed by atoms with Crippen molar-refractivity contribution in [1.82, 2.24) is 39.2 Å². The maximum atomic E-state index is 13.6. The number of carbonyl (C=O) groups excluding carboxylic acids is 3. The van der Waals surface area contributed by atoms with Gasteiger partial charge in [0.1, 0.15) is 10.6 Å². The largest absolute Gasteiger partial charge is 0.476 e. The molecule has 5 amide bonds. The zero-order valence-corrected chi connectivity index (χ0v) is 35.6. The maximum Gasteiger partial charge on any atom is 0.333 e. The average Bonchev–Trinajstić information content (AvgIpc) is 4.04. The maximum absolute atomic E-state index is 13.6. The number of aromatic nitrogens is 4. The van der Waals surface area contributed by atoms with Gasteiger partial charge < -0.3 is 25.6 Å². The fraction of sp³-hybridized carbons (Fsp3) is 0.488. The Morgan fingerprint density at radius 1 is 0.770 bits per heavy atom. The Labute approximate surface area is 353 Å². The lowest BCUT2D eigenvalue weighted by atomic mass is 9.87. The molecule has 3 unspecified atom stereocenters. The molecule has 322 valence electrons. The second kappa shape index (κ2) is 14.9. The van der Waals surface area contributed by atoms with Gasteiger partial charge in [-0.25, -0.2) is 40.6 Å². The summed E-state index contributed by atoms with van der Waals surface area (Å²) in [5.41, 5.74) is 9.91. The Morgan fingerprint density at radius 2 is 1.33 bits per heavy atom. The van der Waals surface area contributed by atoms with Crippen LogP contribution in [0.15, 0.2) is 34.3 Å². The molecule has 0 fully saturated rings. The van der Waals surface area contributed by atoms with Crippen molar-refractivity contribution >= 4 is 49.4 Å². The number of rotatable bonds is 9. The van der Waals surface area contributed by atoms with E-state index in [0.29, 0.717) is 50.5 Å². The highest BCUT2D eigenvalue weighted by molar-refractivity contribution is 7.90. The third-order valence-corrected chi connectivity index (χ3v) is 15.8. The number of ether oxygens (including phenoxy) is 1. The number of benzene rings is 2. The summed E-state index contributed by atoms with van der Waals surface area (Å²) in [6, 6.07) is 2.75. The van der Waals surface area contributed by atoms with E-state index in [-0.39, 0.29) is 39.1 Å². The molecule has 2 aromatic heterocycles. The smallest absolute Gasteiger partial charge is 0.333 e. The molecule has 0 radical (unpaired) electrons. The highest BCUT2D eigenvalue weighted by Gasteiger charge is 2.39. The molecule has 6 aliphatic rings. The summed E-state index contributed by atoms with van der Waals surface area (Å²) in [7, 11) is -4.81. The quantitative estimate of drug-likeness (QED) is 0.164. The van der Waals surface area contributed by atoms with E-state index in [0.717, 1.165) is 103 Å². The normalized spacial score (nSPS) is 21.1. The molecule has 0 bridgehead atoms. The number of fused-ring (bicyclic) bond motifs is 6. The van der Waals surface area contributed by atoms with Crippen LogP contribution in [0.25, 0.3) is 0 Å². The summed E-state index contributed by atoms with van der Waals surface area (Å²) < 4.78 is 67.1. The fourth-order valence-corrected chi connectivity index (χ4v) is 12.7. The minimum atomic E-state index is -4.43. The van der Waals surface area contributed by atoms with Crippen molar-refractivity contribution in [1.29, 1.82) is 0 Å². The molecule has 4 aliphatic carbocycles. The lowest BCUT2D eigenvalue weighted by Crippen LogP contribution is -2.39. The number of hydrogen-bond donors (Lipinski definition) is 5. The van der Waals surface area contributed by atoms with E-state index in [1.54, 1.807) is 0 Å². The molecule has 0 saturated heterocycles. The van der Waals surface area contributed by atoms with Gasteiger partial charge in [-0.15, -0.1) is 0 Å². The van der Waals surface area contributed by atoms with E-state index >= 15 is 0 Å². The van der Waals surface area contributed by atoms with Crippen molar-refractivity contribution in [3.63, 3.8) is 0 Å². The molecule has 61 heavy (non-hydrogen) atoms. The molecule has 5 N–H and O–H groups in total. The third-order valence-electron chi connectivity index (χ3n) is 13.2. The predicted octanol–water partition coefficient (Wildman–Crippen LogP) is 2.52. The average molecular weight is 873 g/mol. The van der Waals surface area contributed by atoms with Crippen LogP contribution in [0, 0.1) is 17.8 Å². The molecular weight excluding hydrogens is 825 g/mol. The molecular formula is C41H48N10O8S2. The van der Waals surface area contributed by atoms with Crippen molar-refractivity contribution in [2.24, 2.45) is 17.8 Å². The van der Waals surface area contributed by atoms with E-state index in [1.807, 2.05) is 19.0 Å². The number of anilines is 2. The summed E-state index contributed by atoms with van der Waals surface area (Å²) in [5, 5.41) is 16.8. The Balaban J connectivity index is 0.854. The summed E-state index contributed by atoms with van der Waals surface area (Å²) >= 11 is 0. The van der Waals surface area contributed by atoms with Crippen molar-refractivity contribution in [3.05, 3.63) is 74.7 Å². The van der Waals surface area contributed by atoms with E-state index in [2.05, 4.69) is 47.7 Å². The highest BCUT2D eigenvalue weighted by atomic mass is 32.2. The third kappa shape index (κ3) is 7.10. The van der Waals surface area contributed by atoms with E-state index < -0.39 is 38.0 Å². The Hall–Kier alpha value is -5.47. The molecule has 0 spiro atoms. The first kappa shape index (κ1) is 39.7. The summed E-state index contributed by atoms with van der Waals surface area (Å²) in [6.07, 6.45) is 10.4. The van der Waals surface area contributed by atoms with Gasteiger partial charge in [0.05, 0.1) is 32.1 Å². The molecule has 2 aliphatic heterocycles. The number of amides is 5. The summed E-state index contributed by atoms with van der Waals surface area (Å²) in [4.78, 5) is 41.2. The van der Waals surface area contributed by atoms with Gasteiger partial charge in [0.25, 0.3) is 26.0 Å². The number of carbonyl (C=O) groups is 3. The number of nitrogens with zero attached hydrogens (tertiary/aromatic N) is 5. The van der Waals surface area contributed by atoms with Crippen LogP contribution in [0.4, 0.5) is 21.0 Å². The van der Waals surface area contributed by atoms with Crippen LogP contribution >= 0.6 is 0 Å². The van der Waals surface area contributed by atoms with Crippen molar-refractivity contribution < 1.29 is 36.0 Å². The minimum Gasteiger partial charge on any atom is -0.476 e. The van der Waals surface area contributed by atoms with Gasteiger partial charge in [-0.3, -0.25) is 9.48 Å². The Kier molecular flexibility index (Phi) is 9.66. The SMILES string of the molecule is CN(C)CC1COc2c(S(=O)(=O)NC(=O)Nc3c4c(cc5c3CC(C3Cc6cc7c(c(NC(=O)NS(=O)(=O)c8cnn9c8C(=O)NCC9)c6C3)CCC7)C5)CCC4)cnn2C1. The van der Waals surface area contributed by atoms with Gasteiger partial charge in [-0.2, -0.15) is 10.2 Å². The molecule has 18 nitrogen and oxygen atoms in total. The van der Waals surface area contributed by atoms with E-state index in [4.69, 9.17) is 4.74 Å². The molecule has 20 heteroatoms. The molecule has 2 aromatic carbocycles. The van der Waals surface area contributed by atoms with Crippen LogP contribution in [0.3, 0.4) is 0 Å². The van der Waals surface area contributed by atoms with Crippen molar-refractivity contribution in [2.75, 3.05) is 44.4 Å². The van der Waals surface area contributed by atoms with Gasteiger partial charge >= 0.3 is 12.1 Å². The van der Waals surface area contributed by atoms with Gasteiger partial charge in [0.15, 0.2) is 4.90 Å². The molecule has 10 rings (SSSR count). The topological polar surface area (TPSA) is 228 Å². The van der Waals surface area contributed by atoms with Crippen LogP contribution in [-0.4, -0.2) is 93.1 Å². The number of aryl methyl sites for hydroxylation is 2. The van der Waals surface area contributed by atoms with Crippen molar-refractivity contribution in [3.8, 4) is 5.88 Å². The van der Waals surface area contributed by atoms with Crippen LogP contribution in [-0.2, 0) is 84.5 Å². The lowest BCUT2D eigenvalue weighted by Gasteiger charge is -2.26. The molecule has 0 saturated carbocycles. The standard InChI is InChI=1S/C41H48N10O8S2/c1-49(2)19-22-20-51-39(59-21-22)34(18-44-51)61(57,58)48-41(54)46-36-30-8-4-6-24(30)12-28-14-26(16-32(28)36)25-13-27-11-23-5-3-7-29(23)35(31(27)15-25)45-40(53)47-60(55,56)33-17-43-50-10-9-42-38(52)37(33)50/h11-12,17-18,22,25-26H,3-10,13-16,19-21H2,1-2H3,(H,42,52)(H2,45,47,53)(H2,46,48,54). The number of nitrogens with one attached hydrogen (secondary N) is 5. The zero-order chi connectivity index (χ0) is 42.4. The first-order valence-electron chi connectivity index (χ1n) is 20.9. The van der Waals surface area contributed by atoms with Gasteiger partial charge in [0.2, 0.25) is 5.88 Å². The minimum absolute atomic E-state index is 0.111. The van der Waals surface area contributed by atoms with Crippen LogP contribution < -0.4 is 30.1 Å². The first-order chi connectivity index (χ1) is 29.2. The van der Waals surface area contributed by atoms with E-state index in [1.165, 1.54) is 21.1 Å². The van der Waals surface area contributed by atoms with E-state index in [9.17, 15) is 31.2 Å². The van der Waals surface area contributed by atoms with Crippen LogP contribution in [0.1, 0.15) is 67.8 Å². The Morgan fingerprint density at radius 3 is 1.92 bits per heavy atom.